The monoisotopic (exact) mass is 165 g/mol. The molecule has 0 saturated carbocycles. The third-order valence-electron chi connectivity index (χ3n) is 0.379. The van der Waals surface area contributed by atoms with Gasteiger partial charge in [-0.3, -0.25) is 0 Å². The van der Waals surface area contributed by atoms with Gasteiger partial charge < -0.3 is 4.42 Å². The molecule has 0 atom stereocenters. The van der Waals surface area contributed by atoms with E-state index >= 15 is 0 Å². The maximum Gasteiger partial charge on any atom is 0 e. The van der Waals surface area contributed by atoms with Gasteiger partial charge in [-0.1, -0.05) is 6.26 Å². The third kappa shape index (κ3) is 1.42. The van der Waals surface area contributed by atoms with Gasteiger partial charge in [-0.2, -0.15) is 6.07 Å². The molecule has 0 bridgehead atoms. The van der Waals surface area contributed by atoms with Crippen molar-refractivity contribution in [2.75, 3.05) is 0 Å². The van der Waals surface area contributed by atoms with Crippen molar-refractivity contribution >= 4 is 0 Å². The van der Waals surface area contributed by atoms with Crippen LogP contribution in [0.5, 0.6) is 0 Å². The minimum absolute atomic E-state index is 0. The van der Waals surface area contributed by atoms with Crippen molar-refractivity contribution in [3.63, 3.8) is 0 Å². The molecule has 0 aromatic carbocycles. The van der Waals surface area contributed by atoms with E-state index in [2.05, 4.69) is 10.7 Å². The largest absolute Gasteiger partial charge is 0.599 e. The van der Waals surface area contributed by atoms with Crippen molar-refractivity contribution < 1.29 is 25.5 Å². The quantitative estimate of drug-likeness (QED) is 0.412. The smallest absolute Gasteiger partial charge is 0 e. The molecule has 1 aromatic heterocycles. The molecule has 1 rings (SSSR count). The molecule has 6 heavy (non-hydrogen) atoms. The summed E-state index contributed by atoms with van der Waals surface area (Å²) in [6.45, 7) is 0. The molecule has 0 saturated heterocycles. The zero-order valence-corrected chi connectivity index (χ0v) is 5.06. The van der Waals surface area contributed by atoms with Crippen LogP contribution in [0.15, 0.2) is 22.8 Å². The zero-order valence-electron chi connectivity index (χ0n) is 3.05. The molecule has 0 unspecified atom stereocenters. The Labute approximate surface area is 50.6 Å². The summed E-state index contributed by atoms with van der Waals surface area (Å²) in [6.07, 6.45) is 4.06. The van der Waals surface area contributed by atoms with Crippen LogP contribution >= 0.6 is 0 Å². The van der Waals surface area contributed by atoms with Gasteiger partial charge >= 0.3 is 0 Å². The SMILES string of the molecule is [Mo].[c-]1ccco1. The molecule has 1 heterocycles. The molecule has 0 N–H and O–H groups in total. The molecule has 0 radical (unpaired) electrons. The Hall–Kier alpha value is -0.0317. The molecule has 32 valence electrons. The molecule has 0 aliphatic rings. The third-order valence-corrected chi connectivity index (χ3v) is 0.379. The predicted octanol–water partition coefficient (Wildman–Crippen LogP) is 1.08. The van der Waals surface area contributed by atoms with Crippen LogP contribution < -0.4 is 0 Å². The molecule has 2 heteroatoms. The summed E-state index contributed by atoms with van der Waals surface area (Å²) in [5, 5.41) is 0. The molecule has 0 fully saturated rings. The first-order valence-corrected chi connectivity index (χ1v) is 1.40. The van der Waals surface area contributed by atoms with Crippen molar-refractivity contribution in [2.45, 2.75) is 0 Å². The summed E-state index contributed by atoms with van der Waals surface area (Å²) in [5.41, 5.74) is 0. The maximum absolute atomic E-state index is 4.46. The van der Waals surface area contributed by atoms with Crippen LogP contribution in [0.2, 0.25) is 0 Å². The fourth-order valence-corrected chi connectivity index (χ4v) is 0.196. The standard InChI is InChI=1S/C4H3O.Mo/c1-2-4-5-3-1;/h1-3H;/q-1;. The molecular formula is C4H3MoO-. The van der Waals surface area contributed by atoms with Gasteiger partial charge in [-0.25, -0.2) is 0 Å². The summed E-state index contributed by atoms with van der Waals surface area (Å²) in [6, 6.07) is 3.49. The van der Waals surface area contributed by atoms with Gasteiger partial charge in [0.15, 0.2) is 0 Å². The Morgan fingerprint density at radius 3 is 2.50 bits per heavy atom. The van der Waals surface area contributed by atoms with Gasteiger partial charge in [-0.15, -0.1) is 6.07 Å². The molecule has 1 nitrogen and oxygen atoms in total. The van der Waals surface area contributed by atoms with E-state index in [9.17, 15) is 0 Å². The van der Waals surface area contributed by atoms with Crippen molar-refractivity contribution in [3.05, 3.63) is 24.7 Å². The second kappa shape index (κ2) is 3.17. The fraction of sp³-hybridized carbons (Fsp3) is 0. The number of hydrogen-bond donors (Lipinski definition) is 0. The average molecular weight is 163 g/mol. The zero-order chi connectivity index (χ0) is 3.54. The minimum atomic E-state index is 0. The molecule has 0 amide bonds. The van der Waals surface area contributed by atoms with Crippen LogP contribution in [0.1, 0.15) is 0 Å². The van der Waals surface area contributed by atoms with Crippen LogP contribution in [-0.2, 0) is 21.1 Å². The predicted molar refractivity (Wildman–Crippen MR) is 17.5 cm³/mol. The second-order valence-corrected chi connectivity index (χ2v) is 0.731. The summed E-state index contributed by atoms with van der Waals surface area (Å²) in [4.78, 5) is 0. The Balaban J connectivity index is 0.000000250. The number of furan rings is 1. The Morgan fingerprint density at radius 1 is 1.50 bits per heavy atom. The summed E-state index contributed by atoms with van der Waals surface area (Å²) < 4.78 is 4.46. The van der Waals surface area contributed by atoms with Gasteiger partial charge in [0.2, 0.25) is 0 Å². The molecule has 0 aliphatic heterocycles. The number of rotatable bonds is 0. The van der Waals surface area contributed by atoms with Crippen LogP contribution in [0.3, 0.4) is 0 Å². The first-order chi connectivity index (χ1) is 2.50. The van der Waals surface area contributed by atoms with Crippen molar-refractivity contribution in [1.82, 2.24) is 0 Å². The Morgan fingerprint density at radius 2 is 2.33 bits per heavy atom. The summed E-state index contributed by atoms with van der Waals surface area (Å²) in [5.74, 6) is 0. The van der Waals surface area contributed by atoms with E-state index in [0.29, 0.717) is 0 Å². The van der Waals surface area contributed by atoms with E-state index < -0.39 is 0 Å². The fourth-order valence-electron chi connectivity index (χ4n) is 0.196. The normalized spacial score (nSPS) is 6.67. The van der Waals surface area contributed by atoms with Crippen LogP contribution in [-0.4, -0.2) is 0 Å². The van der Waals surface area contributed by atoms with Gasteiger partial charge in [0.1, 0.15) is 0 Å². The van der Waals surface area contributed by atoms with E-state index in [1.54, 1.807) is 18.4 Å². The topological polar surface area (TPSA) is 13.1 Å². The molecule has 0 spiro atoms. The Kier molecular flexibility index (Phi) is 3.15. The van der Waals surface area contributed by atoms with Gasteiger partial charge in [0.05, 0.1) is 0 Å². The maximum atomic E-state index is 4.46. The van der Waals surface area contributed by atoms with E-state index in [1.807, 2.05) is 0 Å². The number of hydrogen-bond acceptors (Lipinski definition) is 1. The molecular weight excluding hydrogens is 160 g/mol. The van der Waals surface area contributed by atoms with E-state index in [-0.39, 0.29) is 21.1 Å². The van der Waals surface area contributed by atoms with E-state index in [1.165, 1.54) is 0 Å². The van der Waals surface area contributed by atoms with Gasteiger partial charge in [0.25, 0.3) is 0 Å². The Bertz CT molecular complexity index is 64.0. The van der Waals surface area contributed by atoms with Crippen molar-refractivity contribution in [2.24, 2.45) is 0 Å². The minimum Gasteiger partial charge on any atom is -0.599 e. The first kappa shape index (κ1) is 5.97. The van der Waals surface area contributed by atoms with Crippen LogP contribution in [0, 0.1) is 6.26 Å². The van der Waals surface area contributed by atoms with E-state index in [0.717, 1.165) is 0 Å². The first-order valence-electron chi connectivity index (χ1n) is 1.40. The van der Waals surface area contributed by atoms with Gasteiger partial charge in [0, 0.05) is 21.1 Å². The average Bonchev–Trinajstić information content (AvgIpc) is 1.76. The van der Waals surface area contributed by atoms with Crippen LogP contribution in [0.4, 0.5) is 0 Å². The van der Waals surface area contributed by atoms with E-state index in [4.69, 9.17) is 0 Å². The molecule has 1 aromatic rings. The van der Waals surface area contributed by atoms with Crippen LogP contribution in [0.25, 0.3) is 0 Å². The van der Waals surface area contributed by atoms with Crippen molar-refractivity contribution in [1.29, 1.82) is 0 Å². The van der Waals surface area contributed by atoms with Gasteiger partial charge in [-0.05, 0) is 6.26 Å². The summed E-state index contributed by atoms with van der Waals surface area (Å²) >= 11 is 0. The second-order valence-electron chi connectivity index (χ2n) is 0.731. The summed E-state index contributed by atoms with van der Waals surface area (Å²) in [7, 11) is 0. The van der Waals surface area contributed by atoms with Crippen molar-refractivity contribution in [3.8, 4) is 0 Å². The molecule has 0 aliphatic carbocycles.